The normalized spacial score (nSPS) is 19.4. The van der Waals surface area contributed by atoms with Crippen molar-refractivity contribution in [2.24, 2.45) is 0 Å². The van der Waals surface area contributed by atoms with E-state index in [-0.39, 0.29) is 12.0 Å². The number of hydrogen-bond acceptors (Lipinski definition) is 6. The molecule has 5 rings (SSSR count). The molecular weight excluding hydrogens is 432 g/mol. The maximum atomic E-state index is 13.4. The van der Waals surface area contributed by atoms with Gasteiger partial charge in [0.05, 0.1) is 25.8 Å². The molecule has 8 heteroatoms. The number of rotatable bonds is 6. The van der Waals surface area contributed by atoms with Gasteiger partial charge in [-0.15, -0.1) is 0 Å². The lowest BCUT2D eigenvalue weighted by molar-refractivity contribution is 0.0553. The predicted octanol–water partition coefficient (Wildman–Crippen LogP) is 4.07. The summed E-state index contributed by atoms with van der Waals surface area (Å²) in [5.41, 5.74) is 1.61. The minimum atomic E-state index is -0.676. The molecule has 1 atom stereocenters. The third-order valence-corrected chi connectivity index (χ3v) is 6.23. The van der Waals surface area contributed by atoms with Gasteiger partial charge in [0.2, 0.25) is 0 Å². The van der Waals surface area contributed by atoms with Crippen LogP contribution in [0.1, 0.15) is 22.3 Å². The highest BCUT2D eigenvalue weighted by atomic mass is 16.6. The van der Waals surface area contributed by atoms with E-state index in [9.17, 15) is 9.59 Å². The second-order valence-electron chi connectivity index (χ2n) is 8.63. The fourth-order valence-electron chi connectivity index (χ4n) is 4.53. The Hall–Kier alpha value is -4.07. The molecule has 1 aromatic heterocycles. The molecule has 0 saturated carbocycles. The molecule has 3 aromatic rings. The molecule has 8 nitrogen and oxygen atoms in total. The van der Waals surface area contributed by atoms with Crippen LogP contribution in [0.5, 0.6) is 5.75 Å². The second kappa shape index (κ2) is 9.05. The van der Waals surface area contributed by atoms with Crippen LogP contribution >= 0.6 is 0 Å². The van der Waals surface area contributed by atoms with Crippen LogP contribution in [0.15, 0.2) is 72.9 Å². The maximum absolute atomic E-state index is 13.4. The van der Waals surface area contributed by atoms with E-state index in [1.165, 1.54) is 0 Å². The lowest BCUT2D eigenvalue weighted by Gasteiger charge is -2.23. The summed E-state index contributed by atoms with van der Waals surface area (Å²) in [6.07, 6.45) is 1.92. The third kappa shape index (κ3) is 4.39. The number of carbonyl (C=O) groups is 2. The van der Waals surface area contributed by atoms with E-state index in [4.69, 9.17) is 9.47 Å². The van der Waals surface area contributed by atoms with Crippen LogP contribution < -0.4 is 10.1 Å². The summed E-state index contributed by atoms with van der Waals surface area (Å²) in [6, 6.07) is 20.8. The van der Waals surface area contributed by atoms with Gasteiger partial charge in [-0.05, 0) is 29.8 Å². The van der Waals surface area contributed by atoms with Gasteiger partial charge in [0, 0.05) is 37.5 Å². The number of benzene rings is 2. The van der Waals surface area contributed by atoms with Gasteiger partial charge in [-0.2, -0.15) is 0 Å². The number of hydrogen-bond donors (Lipinski definition) is 1. The summed E-state index contributed by atoms with van der Waals surface area (Å²) < 4.78 is 11.1. The number of carbonyl (C=O) groups excluding carboxylic acids is 2. The predicted molar refractivity (Wildman–Crippen MR) is 127 cm³/mol. The quantitative estimate of drug-likeness (QED) is 0.600. The molecule has 2 amide bonds. The standard InChI is InChI=1S/C26H26N4O4/c1-33-21-10-5-9-20(15-21)28-23-22(11-6-13-27-23)24(31)29-14-12-26(17-29)18-30(25(32)34-26)16-19-7-3-2-4-8-19/h2-11,13,15H,12,14,16-18H2,1H3,(H,27,28). The topological polar surface area (TPSA) is 84.0 Å². The van der Waals surface area contributed by atoms with Crippen LogP contribution in [-0.4, -0.2) is 59.1 Å². The lowest BCUT2D eigenvalue weighted by Crippen LogP contribution is -2.39. The van der Waals surface area contributed by atoms with Crippen LogP contribution in [0.2, 0.25) is 0 Å². The van der Waals surface area contributed by atoms with E-state index in [2.05, 4.69) is 10.3 Å². The van der Waals surface area contributed by atoms with Crippen molar-refractivity contribution >= 4 is 23.5 Å². The van der Waals surface area contributed by atoms with Gasteiger partial charge in [0.15, 0.2) is 5.60 Å². The van der Waals surface area contributed by atoms with Crippen molar-refractivity contribution in [1.82, 2.24) is 14.8 Å². The first-order chi connectivity index (χ1) is 16.5. The number of pyridine rings is 1. The first-order valence-corrected chi connectivity index (χ1v) is 11.2. The summed E-state index contributed by atoms with van der Waals surface area (Å²) in [4.78, 5) is 33.9. The van der Waals surface area contributed by atoms with Crippen molar-refractivity contribution in [3.05, 3.63) is 84.1 Å². The van der Waals surface area contributed by atoms with Crippen LogP contribution in [0.25, 0.3) is 0 Å². The fourth-order valence-corrected chi connectivity index (χ4v) is 4.53. The van der Waals surface area contributed by atoms with E-state index in [1.807, 2.05) is 54.6 Å². The Morgan fingerprint density at radius 1 is 1.12 bits per heavy atom. The highest BCUT2D eigenvalue weighted by Gasteiger charge is 2.50. The van der Waals surface area contributed by atoms with Crippen molar-refractivity contribution in [2.75, 3.05) is 32.1 Å². The van der Waals surface area contributed by atoms with Gasteiger partial charge in [-0.25, -0.2) is 9.78 Å². The van der Waals surface area contributed by atoms with Gasteiger partial charge >= 0.3 is 6.09 Å². The summed E-state index contributed by atoms with van der Waals surface area (Å²) in [7, 11) is 1.61. The molecule has 174 valence electrons. The minimum absolute atomic E-state index is 0.145. The largest absolute Gasteiger partial charge is 0.497 e. The van der Waals surface area contributed by atoms with E-state index in [0.29, 0.717) is 49.7 Å². The zero-order chi connectivity index (χ0) is 23.5. The number of anilines is 2. The Morgan fingerprint density at radius 3 is 2.79 bits per heavy atom. The zero-order valence-corrected chi connectivity index (χ0v) is 18.9. The average molecular weight is 459 g/mol. The van der Waals surface area contributed by atoms with E-state index in [1.54, 1.807) is 35.2 Å². The van der Waals surface area contributed by atoms with Crippen molar-refractivity contribution in [3.63, 3.8) is 0 Å². The molecule has 1 N–H and O–H groups in total. The number of aromatic nitrogens is 1. The van der Waals surface area contributed by atoms with Gasteiger partial charge in [0.1, 0.15) is 11.6 Å². The molecule has 3 heterocycles. The van der Waals surface area contributed by atoms with Crippen LogP contribution in [0.4, 0.5) is 16.3 Å². The summed E-state index contributed by atoms with van der Waals surface area (Å²) in [6.45, 7) is 1.83. The van der Waals surface area contributed by atoms with Crippen molar-refractivity contribution in [3.8, 4) is 5.75 Å². The summed E-state index contributed by atoms with van der Waals surface area (Å²) in [5, 5.41) is 3.22. The smallest absolute Gasteiger partial charge is 0.410 e. The molecule has 2 fully saturated rings. The third-order valence-electron chi connectivity index (χ3n) is 6.23. The Labute approximate surface area is 198 Å². The molecule has 34 heavy (non-hydrogen) atoms. The van der Waals surface area contributed by atoms with Crippen molar-refractivity contribution in [1.29, 1.82) is 0 Å². The Kier molecular flexibility index (Phi) is 5.79. The fraction of sp³-hybridized carbons (Fsp3) is 0.269. The number of ether oxygens (including phenoxy) is 2. The molecule has 2 aliphatic heterocycles. The molecular formula is C26H26N4O4. The summed E-state index contributed by atoms with van der Waals surface area (Å²) >= 11 is 0. The molecule has 1 spiro atoms. The van der Waals surface area contributed by atoms with Crippen LogP contribution in [0.3, 0.4) is 0 Å². The second-order valence-corrected chi connectivity index (χ2v) is 8.63. The SMILES string of the molecule is COc1cccc(Nc2ncccc2C(=O)N2CCC3(CN(Cc4ccccc4)C(=O)O3)C2)c1. The average Bonchev–Trinajstić information content (AvgIpc) is 3.41. The number of methoxy groups -OCH3 is 1. The van der Waals surface area contributed by atoms with Gasteiger partial charge in [-0.3, -0.25) is 9.69 Å². The van der Waals surface area contributed by atoms with Crippen LogP contribution in [-0.2, 0) is 11.3 Å². The molecule has 2 saturated heterocycles. The van der Waals surface area contributed by atoms with Gasteiger partial charge in [0.25, 0.3) is 5.91 Å². The van der Waals surface area contributed by atoms with E-state index >= 15 is 0 Å². The number of likely N-dealkylation sites (tertiary alicyclic amines) is 1. The molecule has 2 aliphatic rings. The van der Waals surface area contributed by atoms with Gasteiger partial charge < -0.3 is 19.7 Å². The van der Waals surface area contributed by atoms with Gasteiger partial charge in [-0.1, -0.05) is 36.4 Å². The molecule has 1 unspecified atom stereocenters. The number of nitrogens with one attached hydrogen (secondary N) is 1. The van der Waals surface area contributed by atoms with Crippen molar-refractivity contribution in [2.45, 2.75) is 18.6 Å². The maximum Gasteiger partial charge on any atom is 0.410 e. The first-order valence-electron chi connectivity index (χ1n) is 11.2. The highest BCUT2D eigenvalue weighted by molar-refractivity contribution is 5.99. The molecule has 0 bridgehead atoms. The lowest BCUT2D eigenvalue weighted by atomic mass is 10.0. The first kappa shape index (κ1) is 21.8. The van der Waals surface area contributed by atoms with Crippen LogP contribution in [0, 0.1) is 0 Å². The minimum Gasteiger partial charge on any atom is -0.497 e. The number of nitrogens with zero attached hydrogens (tertiary/aromatic N) is 3. The Balaban J connectivity index is 1.29. The zero-order valence-electron chi connectivity index (χ0n) is 18.9. The Bertz CT molecular complexity index is 1200. The molecule has 2 aromatic carbocycles. The molecule has 0 radical (unpaired) electrons. The highest BCUT2D eigenvalue weighted by Crippen LogP contribution is 2.34. The molecule has 0 aliphatic carbocycles. The van der Waals surface area contributed by atoms with E-state index < -0.39 is 5.60 Å². The monoisotopic (exact) mass is 458 g/mol. The van der Waals surface area contributed by atoms with E-state index in [0.717, 1.165) is 11.3 Å². The summed E-state index contributed by atoms with van der Waals surface area (Å²) in [5.74, 6) is 1.03. The van der Waals surface area contributed by atoms with Crippen molar-refractivity contribution < 1.29 is 19.1 Å². The number of amides is 2. The Morgan fingerprint density at radius 2 is 1.97 bits per heavy atom.